The summed E-state index contributed by atoms with van der Waals surface area (Å²) in [4.78, 5) is 34.8. The highest BCUT2D eigenvalue weighted by molar-refractivity contribution is 6.29. The third kappa shape index (κ3) is 1.25. The van der Waals surface area contributed by atoms with Crippen LogP contribution in [0.2, 0.25) is 0 Å². The van der Waals surface area contributed by atoms with Gasteiger partial charge in [0.05, 0.1) is 5.69 Å². The molecule has 0 saturated carbocycles. The molecule has 0 bridgehead atoms. The zero-order valence-electron chi connectivity index (χ0n) is 8.69. The van der Waals surface area contributed by atoms with E-state index in [0.717, 1.165) is 0 Å². The molecule has 7 nitrogen and oxygen atoms in total. The van der Waals surface area contributed by atoms with Crippen molar-refractivity contribution >= 4 is 23.4 Å². The van der Waals surface area contributed by atoms with Crippen LogP contribution < -0.4 is 22.3 Å². The summed E-state index contributed by atoms with van der Waals surface area (Å²) < 4.78 is 0. The summed E-state index contributed by atoms with van der Waals surface area (Å²) in [6.07, 6.45) is 0. The maximum atomic E-state index is 11.8. The summed E-state index contributed by atoms with van der Waals surface area (Å²) in [6.45, 7) is 0. The molecule has 2 rings (SSSR count). The average Bonchev–Trinajstić information content (AvgIpc) is 2.28. The molecule has 0 aromatic heterocycles. The van der Waals surface area contributed by atoms with Gasteiger partial charge in [0.2, 0.25) is 17.2 Å². The average molecular weight is 234 g/mol. The second-order valence-corrected chi connectivity index (χ2v) is 3.60. The summed E-state index contributed by atoms with van der Waals surface area (Å²) in [5.41, 5.74) is 13.5. The van der Waals surface area contributed by atoms with E-state index in [0.29, 0.717) is 5.69 Å². The van der Waals surface area contributed by atoms with Crippen LogP contribution in [0.3, 0.4) is 0 Å². The van der Waals surface area contributed by atoms with E-state index < -0.39 is 23.1 Å². The SMILES string of the molecule is NC(=O)C1(C(N)=O)C(=O)NNc2ccccc21. The minimum atomic E-state index is -2.16. The Morgan fingerprint density at radius 2 is 1.65 bits per heavy atom. The molecule has 0 aliphatic carbocycles. The number of nitrogens with one attached hydrogen (secondary N) is 2. The van der Waals surface area contributed by atoms with Gasteiger partial charge in [0.15, 0.2) is 0 Å². The molecule has 1 aliphatic heterocycles. The van der Waals surface area contributed by atoms with Crippen molar-refractivity contribution in [3.05, 3.63) is 29.8 Å². The zero-order valence-corrected chi connectivity index (χ0v) is 8.69. The summed E-state index contributed by atoms with van der Waals surface area (Å²) in [6, 6.07) is 6.31. The first-order valence-corrected chi connectivity index (χ1v) is 4.77. The van der Waals surface area contributed by atoms with Crippen molar-refractivity contribution in [1.82, 2.24) is 5.43 Å². The molecule has 3 amide bonds. The van der Waals surface area contributed by atoms with E-state index in [1.807, 2.05) is 0 Å². The number of primary amides is 2. The number of amides is 3. The number of anilines is 1. The van der Waals surface area contributed by atoms with Gasteiger partial charge in [-0.15, -0.1) is 0 Å². The molecule has 1 aromatic carbocycles. The molecule has 88 valence electrons. The van der Waals surface area contributed by atoms with Gasteiger partial charge in [0, 0.05) is 5.56 Å². The molecule has 17 heavy (non-hydrogen) atoms. The lowest BCUT2D eigenvalue weighted by Crippen LogP contribution is -2.64. The summed E-state index contributed by atoms with van der Waals surface area (Å²) in [5, 5.41) is 0. The summed E-state index contributed by atoms with van der Waals surface area (Å²) in [5.74, 6) is -3.08. The highest BCUT2D eigenvalue weighted by Crippen LogP contribution is 2.33. The number of fused-ring (bicyclic) bond motifs is 1. The van der Waals surface area contributed by atoms with Gasteiger partial charge in [-0.05, 0) is 6.07 Å². The van der Waals surface area contributed by atoms with Crippen LogP contribution in [0, 0.1) is 0 Å². The number of carbonyl (C=O) groups excluding carboxylic acids is 3. The Kier molecular flexibility index (Phi) is 2.24. The van der Waals surface area contributed by atoms with E-state index in [1.54, 1.807) is 18.2 Å². The van der Waals surface area contributed by atoms with Crippen molar-refractivity contribution in [2.45, 2.75) is 5.41 Å². The summed E-state index contributed by atoms with van der Waals surface area (Å²) in [7, 11) is 0. The topological polar surface area (TPSA) is 127 Å². The van der Waals surface area contributed by atoms with Crippen LogP contribution >= 0.6 is 0 Å². The highest BCUT2D eigenvalue weighted by Gasteiger charge is 2.55. The lowest BCUT2D eigenvalue weighted by atomic mass is 9.76. The second kappa shape index (κ2) is 3.48. The Morgan fingerprint density at radius 3 is 2.24 bits per heavy atom. The number of hydrazine groups is 1. The first-order valence-electron chi connectivity index (χ1n) is 4.77. The van der Waals surface area contributed by atoms with Gasteiger partial charge in [-0.3, -0.25) is 25.2 Å². The third-order valence-electron chi connectivity index (χ3n) is 2.72. The lowest BCUT2D eigenvalue weighted by Gasteiger charge is -2.32. The van der Waals surface area contributed by atoms with Crippen LogP contribution in [-0.2, 0) is 19.8 Å². The van der Waals surface area contributed by atoms with Crippen molar-refractivity contribution < 1.29 is 14.4 Å². The minimum Gasteiger partial charge on any atom is -0.368 e. The number of nitrogens with two attached hydrogens (primary N) is 2. The summed E-state index contributed by atoms with van der Waals surface area (Å²) >= 11 is 0. The van der Waals surface area contributed by atoms with Crippen molar-refractivity contribution in [3.63, 3.8) is 0 Å². The molecule has 1 aromatic rings. The Bertz CT molecular complexity index is 512. The molecule has 1 aliphatic rings. The molecule has 0 atom stereocenters. The maximum absolute atomic E-state index is 11.8. The van der Waals surface area contributed by atoms with Crippen LogP contribution in [0.25, 0.3) is 0 Å². The minimum absolute atomic E-state index is 0.156. The number of benzene rings is 1. The molecule has 0 fully saturated rings. The largest absolute Gasteiger partial charge is 0.368 e. The second-order valence-electron chi connectivity index (χ2n) is 3.60. The molecular weight excluding hydrogens is 224 g/mol. The molecule has 0 spiro atoms. The predicted octanol–water partition coefficient (Wildman–Crippen LogP) is -1.65. The van der Waals surface area contributed by atoms with Crippen LogP contribution in [0.5, 0.6) is 0 Å². The number of hydrogen-bond donors (Lipinski definition) is 4. The Balaban J connectivity index is 2.78. The molecule has 6 N–H and O–H groups in total. The van der Waals surface area contributed by atoms with Gasteiger partial charge in [-0.25, -0.2) is 0 Å². The normalized spacial score (nSPS) is 16.4. The first kappa shape index (κ1) is 10.9. The van der Waals surface area contributed by atoms with E-state index in [-0.39, 0.29) is 5.56 Å². The monoisotopic (exact) mass is 234 g/mol. The first-order chi connectivity index (χ1) is 8.01. The van der Waals surface area contributed by atoms with E-state index >= 15 is 0 Å². The smallest absolute Gasteiger partial charge is 0.268 e. The Labute approximate surface area is 96.1 Å². The van der Waals surface area contributed by atoms with E-state index in [4.69, 9.17) is 11.5 Å². The maximum Gasteiger partial charge on any atom is 0.268 e. The van der Waals surface area contributed by atoms with Crippen LogP contribution in [-0.4, -0.2) is 17.7 Å². The fourth-order valence-corrected chi connectivity index (χ4v) is 1.87. The van der Waals surface area contributed by atoms with Crippen LogP contribution in [0.1, 0.15) is 5.56 Å². The quantitative estimate of drug-likeness (QED) is 0.457. The standard InChI is InChI=1S/C10H10N4O3/c11-7(15)10(8(12)16)5-3-1-2-4-6(5)13-14-9(10)17/h1-4,13H,(H2,11,15)(H2,12,16)(H,14,17). The van der Waals surface area contributed by atoms with E-state index in [1.165, 1.54) is 6.07 Å². The van der Waals surface area contributed by atoms with Gasteiger partial charge in [-0.2, -0.15) is 0 Å². The van der Waals surface area contributed by atoms with Gasteiger partial charge in [0.25, 0.3) is 5.91 Å². The van der Waals surface area contributed by atoms with Gasteiger partial charge in [0.1, 0.15) is 0 Å². The van der Waals surface area contributed by atoms with E-state index in [2.05, 4.69) is 10.9 Å². The molecule has 0 radical (unpaired) electrons. The highest BCUT2D eigenvalue weighted by atomic mass is 16.2. The van der Waals surface area contributed by atoms with Gasteiger partial charge in [-0.1, -0.05) is 18.2 Å². The number of carbonyl (C=O) groups is 3. The number of para-hydroxylation sites is 1. The molecule has 1 heterocycles. The number of hydrogen-bond acceptors (Lipinski definition) is 4. The molecule has 0 unspecified atom stereocenters. The van der Waals surface area contributed by atoms with Crippen molar-refractivity contribution in [3.8, 4) is 0 Å². The fourth-order valence-electron chi connectivity index (χ4n) is 1.87. The lowest BCUT2D eigenvalue weighted by molar-refractivity contribution is -0.143. The fraction of sp³-hybridized carbons (Fsp3) is 0.100. The van der Waals surface area contributed by atoms with Crippen LogP contribution in [0.4, 0.5) is 5.69 Å². The molecule has 0 saturated heterocycles. The zero-order chi connectivity index (χ0) is 12.6. The number of rotatable bonds is 2. The van der Waals surface area contributed by atoms with Crippen molar-refractivity contribution in [1.29, 1.82) is 0 Å². The van der Waals surface area contributed by atoms with Crippen molar-refractivity contribution in [2.75, 3.05) is 5.43 Å². The third-order valence-corrected chi connectivity index (χ3v) is 2.72. The van der Waals surface area contributed by atoms with E-state index in [9.17, 15) is 14.4 Å². The van der Waals surface area contributed by atoms with Crippen LogP contribution in [0.15, 0.2) is 24.3 Å². The Morgan fingerprint density at radius 1 is 1.06 bits per heavy atom. The van der Waals surface area contributed by atoms with Gasteiger partial charge < -0.3 is 11.5 Å². The predicted molar refractivity (Wildman–Crippen MR) is 58.3 cm³/mol. The molecular formula is C10H10N4O3. The Hall–Kier alpha value is -2.57. The van der Waals surface area contributed by atoms with Gasteiger partial charge >= 0.3 is 0 Å². The molecule has 7 heteroatoms. The van der Waals surface area contributed by atoms with Crippen molar-refractivity contribution in [2.24, 2.45) is 11.5 Å².